The summed E-state index contributed by atoms with van der Waals surface area (Å²) >= 11 is 2.84. The van der Waals surface area contributed by atoms with Crippen LogP contribution in [0.25, 0.3) is 9.53 Å². The number of piperidine rings is 1. The Hall–Kier alpha value is -3.01. The van der Waals surface area contributed by atoms with Gasteiger partial charge >= 0.3 is 0 Å². The Labute approximate surface area is 211 Å². The molecule has 0 unspecified atom stereocenters. The number of aromatic nitrogens is 1. The van der Waals surface area contributed by atoms with Gasteiger partial charge in [-0.2, -0.15) is 0 Å². The third-order valence-corrected chi connectivity index (χ3v) is 8.36. The van der Waals surface area contributed by atoms with Crippen molar-refractivity contribution < 1.29 is 14.3 Å². The van der Waals surface area contributed by atoms with Crippen LogP contribution in [-0.4, -0.2) is 42.2 Å². The molecule has 3 N–H and O–H groups in total. The van der Waals surface area contributed by atoms with Crippen molar-refractivity contribution >= 4 is 54.6 Å². The summed E-state index contributed by atoms with van der Waals surface area (Å²) in [5.41, 5.74) is 3.12. The summed E-state index contributed by atoms with van der Waals surface area (Å²) in [5.74, 6) is 0.294. The van der Waals surface area contributed by atoms with Gasteiger partial charge in [0.15, 0.2) is 5.13 Å². The van der Waals surface area contributed by atoms with Crippen molar-refractivity contribution in [1.82, 2.24) is 4.98 Å². The van der Waals surface area contributed by atoms with Crippen LogP contribution in [0.4, 0.5) is 20.9 Å². The Morgan fingerprint density at radius 2 is 1.83 bits per heavy atom. The predicted molar refractivity (Wildman–Crippen MR) is 143 cm³/mol. The maximum Gasteiger partial charge on any atom is 0.265 e. The van der Waals surface area contributed by atoms with E-state index in [-0.39, 0.29) is 18.3 Å². The van der Waals surface area contributed by atoms with Gasteiger partial charge in [0.25, 0.3) is 5.91 Å². The molecule has 2 aromatic heterocycles. The molecule has 0 bridgehead atoms. The van der Waals surface area contributed by atoms with Crippen molar-refractivity contribution in [2.24, 2.45) is 5.92 Å². The maximum atomic E-state index is 13.1. The fourth-order valence-electron chi connectivity index (χ4n) is 4.38. The number of thiophene rings is 1. The first-order valence-corrected chi connectivity index (χ1v) is 13.4. The first-order valence-electron chi connectivity index (χ1n) is 11.7. The van der Waals surface area contributed by atoms with Crippen LogP contribution in [0, 0.1) is 11.7 Å². The number of fused-ring (bicyclic) bond motifs is 1. The molecule has 182 valence electrons. The molecule has 1 saturated heterocycles. The molecule has 0 aliphatic carbocycles. The zero-order chi connectivity index (χ0) is 24.2. The molecule has 0 saturated carbocycles. The van der Waals surface area contributed by atoms with Crippen molar-refractivity contribution in [2.75, 3.05) is 41.8 Å². The lowest BCUT2D eigenvalue weighted by molar-refractivity contribution is 0.103. The standard InChI is InChI=1S/C26H27FN4O2S2/c27-19-3-1-17(2-4-19)15-18-9-12-31(13-10-18)21-7-5-20(6-8-21)29-24(33)22-16-23-25(34-22)30-26(35-23)28-11-14-32/h1-8,16,18,32H,9-15H2,(H,28,30)(H,29,33). The number of hydrogen-bond acceptors (Lipinski definition) is 7. The number of aliphatic hydroxyl groups is 1. The van der Waals surface area contributed by atoms with Crippen molar-refractivity contribution in [3.8, 4) is 0 Å². The number of rotatable bonds is 8. The molecule has 5 rings (SSSR count). The van der Waals surface area contributed by atoms with E-state index in [1.807, 2.05) is 30.3 Å². The van der Waals surface area contributed by atoms with E-state index in [0.717, 1.165) is 58.4 Å². The van der Waals surface area contributed by atoms with Gasteiger partial charge in [-0.15, -0.1) is 11.3 Å². The quantitative estimate of drug-likeness (QED) is 0.287. The second kappa shape index (κ2) is 10.7. The first-order chi connectivity index (χ1) is 17.1. The summed E-state index contributed by atoms with van der Waals surface area (Å²) in [7, 11) is 0. The minimum atomic E-state index is -0.183. The van der Waals surface area contributed by atoms with Crippen molar-refractivity contribution in [3.63, 3.8) is 0 Å². The highest BCUT2D eigenvalue weighted by Gasteiger charge is 2.20. The zero-order valence-electron chi connectivity index (χ0n) is 19.2. The molecular formula is C26H27FN4O2S2. The Kier molecular flexibility index (Phi) is 7.26. The molecule has 0 spiro atoms. The van der Waals surface area contributed by atoms with E-state index in [2.05, 4.69) is 32.7 Å². The predicted octanol–water partition coefficient (Wildman–Crippen LogP) is 5.61. The van der Waals surface area contributed by atoms with E-state index in [0.29, 0.717) is 17.3 Å². The van der Waals surface area contributed by atoms with Crippen molar-refractivity contribution in [3.05, 3.63) is 70.9 Å². The number of halogens is 1. The van der Waals surface area contributed by atoms with Crippen LogP contribution in [-0.2, 0) is 6.42 Å². The number of carbonyl (C=O) groups excluding carboxylic acids is 1. The number of hydrogen-bond donors (Lipinski definition) is 3. The summed E-state index contributed by atoms with van der Waals surface area (Å²) in [6.07, 6.45) is 3.21. The molecule has 9 heteroatoms. The van der Waals surface area contributed by atoms with Crippen molar-refractivity contribution in [2.45, 2.75) is 19.3 Å². The maximum absolute atomic E-state index is 13.1. The van der Waals surface area contributed by atoms with Crippen molar-refractivity contribution in [1.29, 1.82) is 0 Å². The molecule has 2 aromatic carbocycles. The van der Waals surface area contributed by atoms with Gasteiger partial charge in [-0.25, -0.2) is 9.37 Å². The molecule has 3 heterocycles. The molecule has 6 nitrogen and oxygen atoms in total. The molecule has 4 aromatic rings. The lowest BCUT2D eigenvalue weighted by Gasteiger charge is -2.33. The molecular weight excluding hydrogens is 483 g/mol. The van der Waals surface area contributed by atoms with Crippen LogP contribution in [0.15, 0.2) is 54.6 Å². The highest BCUT2D eigenvalue weighted by Crippen LogP contribution is 2.33. The van der Waals surface area contributed by atoms with Gasteiger partial charge in [0.2, 0.25) is 0 Å². The lowest BCUT2D eigenvalue weighted by atomic mass is 9.90. The molecule has 1 amide bonds. The van der Waals surface area contributed by atoms with Crippen LogP contribution < -0.4 is 15.5 Å². The summed E-state index contributed by atoms with van der Waals surface area (Å²) in [6.45, 7) is 2.49. The topological polar surface area (TPSA) is 77.5 Å². The third-order valence-electron chi connectivity index (χ3n) is 6.24. The number of aliphatic hydroxyl groups excluding tert-OH is 1. The van der Waals surface area contributed by atoms with Crippen LogP contribution in [0.3, 0.4) is 0 Å². The number of nitrogens with one attached hydrogen (secondary N) is 2. The fourth-order valence-corrected chi connectivity index (χ4v) is 6.42. The summed E-state index contributed by atoms with van der Waals surface area (Å²) in [5, 5.41) is 15.7. The molecule has 0 atom stereocenters. The first kappa shape index (κ1) is 23.7. The van der Waals surface area contributed by atoms with Gasteiger partial charge in [-0.05, 0) is 73.2 Å². The van der Waals surface area contributed by atoms with E-state index >= 15 is 0 Å². The lowest BCUT2D eigenvalue weighted by Crippen LogP contribution is -2.34. The number of carbonyl (C=O) groups is 1. The highest BCUT2D eigenvalue weighted by molar-refractivity contribution is 7.29. The Morgan fingerprint density at radius 3 is 2.51 bits per heavy atom. The highest BCUT2D eigenvalue weighted by atomic mass is 32.1. The minimum Gasteiger partial charge on any atom is -0.395 e. The average Bonchev–Trinajstić information content (AvgIpc) is 3.44. The summed E-state index contributed by atoms with van der Waals surface area (Å²) < 4.78 is 14.1. The van der Waals surface area contributed by atoms with Gasteiger partial charge < -0.3 is 20.6 Å². The average molecular weight is 511 g/mol. The Bertz CT molecular complexity index is 1250. The number of anilines is 3. The van der Waals surface area contributed by atoms with Gasteiger partial charge in [-0.1, -0.05) is 23.5 Å². The zero-order valence-corrected chi connectivity index (χ0v) is 20.8. The van der Waals surface area contributed by atoms with Gasteiger partial charge in [-0.3, -0.25) is 4.79 Å². The molecule has 1 aliphatic heterocycles. The monoisotopic (exact) mass is 510 g/mol. The Morgan fingerprint density at radius 1 is 1.09 bits per heavy atom. The number of benzene rings is 2. The largest absolute Gasteiger partial charge is 0.395 e. The third kappa shape index (κ3) is 5.80. The Balaban J connectivity index is 1.13. The van der Waals surface area contributed by atoms with Crippen LogP contribution in [0.1, 0.15) is 28.1 Å². The molecule has 1 aliphatic rings. The van der Waals surface area contributed by atoms with E-state index in [9.17, 15) is 9.18 Å². The SMILES string of the molecule is O=C(Nc1ccc(N2CCC(Cc3ccc(F)cc3)CC2)cc1)c1cc2sc(NCCO)nc2s1. The number of thiazole rings is 1. The van der Waals surface area contributed by atoms with Gasteiger partial charge in [0.05, 0.1) is 16.2 Å². The fraction of sp³-hybridized carbons (Fsp3) is 0.308. The summed E-state index contributed by atoms with van der Waals surface area (Å²) in [6, 6.07) is 16.7. The van der Waals surface area contributed by atoms with Crippen LogP contribution in [0.2, 0.25) is 0 Å². The van der Waals surface area contributed by atoms with Gasteiger partial charge in [0, 0.05) is 31.0 Å². The number of amides is 1. The minimum absolute atomic E-state index is 0.0511. The van der Waals surface area contributed by atoms with E-state index in [1.54, 1.807) is 0 Å². The summed E-state index contributed by atoms with van der Waals surface area (Å²) in [4.78, 5) is 21.0. The molecule has 0 radical (unpaired) electrons. The smallest absolute Gasteiger partial charge is 0.265 e. The van der Waals surface area contributed by atoms with E-state index < -0.39 is 0 Å². The molecule has 1 fully saturated rings. The van der Waals surface area contributed by atoms with Crippen LogP contribution in [0.5, 0.6) is 0 Å². The molecule has 35 heavy (non-hydrogen) atoms. The number of nitrogens with zero attached hydrogens (tertiary/aromatic N) is 2. The van der Waals surface area contributed by atoms with Gasteiger partial charge in [0.1, 0.15) is 10.6 Å². The van der Waals surface area contributed by atoms with E-state index in [1.165, 1.54) is 40.4 Å². The normalized spacial score (nSPS) is 14.4. The van der Waals surface area contributed by atoms with E-state index in [4.69, 9.17) is 5.11 Å². The van der Waals surface area contributed by atoms with Crippen LogP contribution >= 0.6 is 22.7 Å². The second-order valence-corrected chi connectivity index (χ2v) is 10.8. The second-order valence-electron chi connectivity index (χ2n) is 8.71.